The van der Waals surface area contributed by atoms with Gasteiger partial charge in [-0.05, 0) is 62.4 Å². The topological polar surface area (TPSA) is 92.3 Å². The summed E-state index contributed by atoms with van der Waals surface area (Å²) in [5.74, 6) is 0. The highest BCUT2D eigenvalue weighted by Gasteiger charge is 2.18. The van der Waals surface area contributed by atoms with Crippen LogP contribution in [0.1, 0.15) is 11.1 Å². The van der Waals surface area contributed by atoms with Crippen molar-refractivity contribution in [3.63, 3.8) is 0 Å². The highest BCUT2D eigenvalue weighted by atomic mass is 32.2. The van der Waals surface area contributed by atoms with Crippen LogP contribution in [-0.4, -0.2) is 23.9 Å². The molecule has 2 aromatic rings. The number of benzene rings is 2. The minimum absolute atomic E-state index is 0.0645. The fourth-order valence-corrected chi connectivity index (χ4v) is 4.15. The Balaban J connectivity index is 2.33. The molecule has 0 radical (unpaired) electrons. The van der Waals surface area contributed by atoms with Gasteiger partial charge in [-0.1, -0.05) is 12.1 Å². The van der Waals surface area contributed by atoms with Gasteiger partial charge >= 0.3 is 0 Å². The van der Waals surface area contributed by atoms with Crippen LogP contribution in [0.3, 0.4) is 0 Å². The fraction of sp³-hybridized carbons (Fsp3) is 0.200. The van der Waals surface area contributed by atoms with Gasteiger partial charge in [-0.3, -0.25) is 4.72 Å². The zero-order valence-electron chi connectivity index (χ0n) is 13.0. The Kier molecular flexibility index (Phi) is 4.79. The quantitative estimate of drug-likeness (QED) is 0.859. The van der Waals surface area contributed by atoms with Gasteiger partial charge in [0.2, 0.25) is 10.0 Å². The van der Waals surface area contributed by atoms with E-state index in [9.17, 15) is 16.8 Å². The molecule has 0 amide bonds. The maximum Gasteiger partial charge on any atom is 0.262 e. The molecule has 0 aromatic heterocycles. The highest BCUT2D eigenvalue weighted by Crippen LogP contribution is 2.21. The number of nitrogens with one attached hydrogen (secondary N) is 2. The molecular weight excluding hydrogens is 336 g/mol. The van der Waals surface area contributed by atoms with E-state index in [1.54, 1.807) is 19.1 Å². The molecule has 2 rings (SSSR count). The maximum atomic E-state index is 12.5. The van der Waals surface area contributed by atoms with Crippen molar-refractivity contribution in [2.45, 2.75) is 23.6 Å². The standard InChI is InChI=1S/C15H18N2O4S2/c1-11-4-5-12(2)15(10-11)23(20,21)17-13-6-8-14(9-7-13)22(18,19)16-3/h4-10,16-17H,1-3H3. The summed E-state index contributed by atoms with van der Waals surface area (Å²) in [4.78, 5) is 0.263. The molecule has 23 heavy (non-hydrogen) atoms. The Hall–Kier alpha value is -1.90. The van der Waals surface area contributed by atoms with Crippen LogP contribution in [0, 0.1) is 13.8 Å². The highest BCUT2D eigenvalue weighted by molar-refractivity contribution is 7.92. The second-order valence-electron chi connectivity index (χ2n) is 5.11. The third-order valence-electron chi connectivity index (χ3n) is 3.32. The summed E-state index contributed by atoms with van der Waals surface area (Å²) >= 11 is 0. The van der Waals surface area contributed by atoms with E-state index in [-0.39, 0.29) is 9.79 Å². The van der Waals surface area contributed by atoms with E-state index in [1.807, 2.05) is 13.0 Å². The first-order valence-electron chi connectivity index (χ1n) is 6.79. The molecule has 6 nitrogen and oxygen atoms in total. The van der Waals surface area contributed by atoms with Crippen LogP contribution in [0.5, 0.6) is 0 Å². The van der Waals surface area contributed by atoms with Crippen LogP contribution < -0.4 is 9.44 Å². The van der Waals surface area contributed by atoms with E-state index < -0.39 is 20.0 Å². The monoisotopic (exact) mass is 354 g/mol. The summed E-state index contributed by atoms with van der Waals surface area (Å²) in [6, 6.07) is 10.7. The van der Waals surface area contributed by atoms with Gasteiger partial charge < -0.3 is 0 Å². The third-order valence-corrected chi connectivity index (χ3v) is 6.27. The van der Waals surface area contributed by atoms with Gasteiger partial charge in [-0.25, -0.2) is 21.6 Å². The van der Waals surface area contributed by atoms with Crippen LogP contribution in [-0.2, 0) is 20.0 Å². The molecule has 0 saturated carbocycles. The van der Waals surface area contributed by atoms with E-state index in [4.69, 9.17) is 0 Å². The first kappa shape index (κ1) is 17.5. The molecule has 0 fully saturated rings. The molecule has 0 aliphatic rings. The fourth-order valence-electron chi connectivity index (χ4n) is 2.03. The second-order valence-corrected chi connectivity index (χ2v) is 8.64. The summed E-state index contributed by atoms with van der Waals surface area (Å²) < 4.78 is 52.9. The zero-order chi connectivity index (χ0) is 17.3. The number of hydrogen-bond acceptors (Lipinski definition) is 4. The van der Waals surface area contributed by atoms with Crippen molar-refractivity contribution in [1.29, 1.82) is 0 Å². The van der Waals surface area contributed by atoms with Crippen molar-refractivity contribution in [1.82, 2.24) is 4.72 Å². The molecule has 124 valence electrons. The van der Waals surface area contributed by atoms with Crippen LogP contribution in [0.25, 0.3) is 0 Å². The molecule has 2 N–H and O–H groups in total. The Bertz CT molecular complexity index is 918. The van der Waals surface area contributed by atoms with E-state index in [2.05, 4.69) is 9.44 Å². The predicted molar refractivity (Wildman–Crippen MR) is 89.4 cm³/mol. The van der Waals surface area contributed by atoms with E-state index in [1.165, 1.54) is 31.3 Å². The number of aryl methyl sites for hydroxylation is 2. The lowest BCUT2D eigenvalue weighted by Gasteiger charge is -2.11. The number of rotatable bonds is 5. The van der Waals surface area contributed by atoms with Gasteiger partial charge in [-0.2, -0.15) is 0 Å². The Morgan fingerprint density at radius 2 is 1.43 bits per heavy atom. The Labute approximate surface area is 136 Å². The van der Waals surface area contributed by atoms with Crippen molar-refractivity contribution in [2.24, 2.45) is 0 Å². The average molecular weight is 354 g/mol. The molecule has 0 unspecified atom stereocenters. The Morgan fingerprint density at radius 3 is 2.00 bits per heavy atom. The minimum atomic E-state index is -3.74. The summed E-state index contributed by atoms with van der Waals surface area (Å²) in [6.45, 7) is 3.53. The first-order chi connectivity index (χ1) is 10.7. The Morgan fingerprint density at radius 1 is 0.826 bits per heavy atom. The number of hydrogen-bond donors (Lipinski definition) is 2. The molecular formula is C15H18N2O4S2. The van der Waals surface area contributed by atoms with E-state index in [0.717, 1.165) is 5.56 Å². The molecule has 0 saturated heterocycles. The smallest absolute Gasteiger partial charge is 0.262 e. The lowest BCUT2D eigenvalue weighted by molar-refractivity contribution is 0.588. The largest absolute Gasteiger partial charge is 0.280 e. The molecule has 0 aliphatic carbocycles. The average Bonchev–Trinajstić information content (AvgIpc) is 2.49. The molecule has 0 atom stereocenters. The van der Waals surface area contributed by atoms with Gasteiger partial charge in [0, 0.05) is 5.69 Å². The van der Waals surface area contributed by atoms with Gasteiger partial charge in [-0.15, -0.1) is 0 Å². The van der Waals surface area contributed by atoms with Crippen molar-refractivity contribution < 1.29 is 16.8 Å². The van der Waals surface area contributed by atoms with Gasteiger partial charge in [0.15, 0.2) is 0 Å². The van der Waals surface area contributed by atoms with Crippen molar-refractivity contribution >= 4 is 25.7 Å². The third kappa shape index (κ3) is 3.90. The summed E-state index contributed by atoms with van der Waals surface area (Å²) in [5, 5.41) is 0. The maximum absolute atomic E-state index is 12.5. The van der Waals surface area contributed by atoms with Gasteiger partial charge in [0.1, 0.15) is 0 Å². The molecule has 0 bridgehead atoms. The molecule has 0 heterocycles. The summed E-state index contributed by atoms with van der Waals surface area (Å²) in [6.07, 6.45) is 0. The van der Waals surface area contributed by atoms with Crippen LogP contribution in [0.2, 0.25) is 0 Å². The van der Waals surface area contributed by atoms with E-state index in [0.29, 0.717) is 11.3 Å². The van der Waals surface area contributed by atoms with Crippen LogP contribution in [0.4, 0.5) is 5.69 Å². The zero-order valence-corrected chi connectivity index (χ0v) is 14.6. The lowest BCUT2D eigenvalue weighted by atomic mass is 10.2. The van der Waals surface area contributed by atoms with Gasteiger partial charge in [0.25, 0.3) is 10.0 Å². The summed E-state index contributed by atoms with van der Waals surface area (Å²) in [7, 11) is -5.97. The molecule has 8 heteroatoms. The van der Waals surface area contributed by atoms with E-state index >= 15 is 0 Å². The SMILES string of the molecule is CNS(=O)(=O)c1ccc(NS(=O)(=O)c2cc(C)ccc2C)cc1. The van der Waals surface area contributed by atoms with Gasteiger partial charge in [0.05, 0.1) is 9.79 Å². The molecule has 2 aromatic carbocycles. The predicted octanol–water partition coefficient (Wildman–Crippen LogP) is 2.01. The van der Waals surface area contributed by atoms with Crippen LogP contribution in [0.15, 0.2) is 52.3 Å². The number of anilines is 1. The first-order valence-corrected chi connectivity index (χ1v) is 9.76. The second kappa shape index (κ2) is 6.31. The minimum Gasteiger partial charge on any atom is -0.280 e. The molecule has 0 aliphatic heterocycles. The van der Waals surface area contributed by atoms with Crippen LogP contribution >= 0.6 is 0 Å². The van der Waals surface area contributed by atoms with Crippen molar-refractivity contribution in [2.75, 3.05) is 11.8 Å². The van der Waals surface area contributed by atoms with Crippen molar-refractivity contribution in [3.8, 4) is 0 Å². The number of sulfonamides is 2. The lowest BCUT2D eigenvalue weighted by Crippen LogP contribution is -2.18. The normalized spacial score (nSPS) is 12.1. The van der Waals surface area contributed by atoms with Crippen molar-refractivity contribution in [3.05, 3.63) is 53.6 Å². The molecule has 0 spiro atoms. The summed E-state index contributed by atoms with van der Waals surface area (Å²) in [5.41, 5.74) is 1.77.